The molecule has 1 aliphatic rings. The van der Waals surface area contributed by atoms with Crippen molar-refractivity contribution in [2.45, 2.75) is 18.9 Å². The molecule has 1 fully saturated rings. The third kappa shape index (κ3) is 1.97. The van der Waals surface area contributed by atoms with Gasteiger partial charge in [0.2, 0.25) is 0 Å². The second-order valence-corrected chi connectivity index (χ2v) is 1.94. The Morgan fingerprint density at radius 3 is 2.50 bits per heavy atom. The van der Waals surface area contributed by atoms with Gasteiger partial charge in [-0.15, -0.1) is 12.4 Å². The molecule has 0 radical (unpaired) electrons. The van der Waals surface area contributed by atoms with Crippen LogP contribution in [0.15, 0.2) is 0 Å². The summed E-state index contributed by atoms with van der Waals surface area (Å²) >= 11 is 0. The Bertz CT molecular complexity index is 159. The van der Waals surface area contributed by atoms with Gasteiger partial charge in [0.1, 0.15) is 6.04 Å². The van der Waals surface area contributed by atoms with Gasteiger partial charge < -0.3 is 10.5 Å². The van der Waals surface area contributed by atoms with Crippen molar-refractivity contribution < 1.29 is 14.3 Å². The maximum Gasteiger partial charge on any atom is 0.330 e. The van der Waals surface area contributed by atoms with Crippen LogP contribution in [0.3, 0.4) is 0 Å². The summed E-state index contributed by atoms with van der Waals surface area (Å²) in [5.74, 6) is -1.08. The van der Waals surface area contributed by atoms with Crippen LogP contribution in [0.1, 0.15) is 12.8 Å². The van der Waals surface area contributed by atoms with Gasteiger partial charge in [-0.1, -0.05) is 0 Å². The van der Waals surface area contributed by atoms with Crippen molar-refractivity contribution in [2.75, 3.05) is 0 Å². The molecule has 1 heterocycles. The van der Waals surface area contributed by atoms with E-state index >= 15 is 0 Å². The van der Waals surface area contributed by atoms with Gasteiger partial charge in [-0.2, -0.15) is 0 Å². The van der Waals surface area contributed by atoms with Crippen LogP contribution in [-0.4, -0.2) is 18.0 Å². The number of nitrogens with two attached hydrogens (primary N) is 1. The summed E-state index contributed by atoms with van der Waals surface area (Å²) in [5.41, 5.74) is 5.21. The molecule has 2 N–H and O–H groups in total. The largest absolute Gasteiger partial charge is 0.392 e. The van der Waals surface area contributed by atoms with Crippen LogP contribution >= 0.6 is 12.4 Å². The maximum atomic E-state index is 10.4. The maximum absolute atomic E-state index is 10.4. The molecule has 1 saturated heterocycles. The topological polar surface area (TPSA) is 69.4 Å². The van der Waals surface area contributed by atoms with Crippen molar-refractivity contribution in [3.05, 3.63) is 0 Å². The Morgan fingerprint density at radius 1 is 1.50 bits per heavy atom. The number of rotatable bonds is 0. The fraction of sp³-hybridized carbons (Fsp3) is 0.600. The van der Waals surface area contributed by atoms with E-state index in [-0.39, 0.29) is 18.8 Å². The van der Waals surface area contributed by atoms with Crippen molar-refractivity contribution in [2.24, 2.45) is 5.73 Å². The molecular weight excluding hydrogens is 158 g/mol. The minimum atomic E-state index is -0.605. The Labute approximate surface area is 64.1 Å². The van der Waals surface area contributed by atoms with Crippen LogP contribution in [0.25, 0.3) is 0 Å². The fourth-order valence-electron chi connectivity index (χ4n) is 0.630. The quantitative estimate of drug-likeness (QED) is 0.392. The van der Waals surface area contributed by atoms with Gasteiger partial charge in [0.25, 0.3) is 0 Å². The first-order valence-corrected chi connectivity index (χ1v) is 2.70. The highest BCUT2D eigenvalue weighted by molar-refractivity contribution is 5.91. The predicted octanol–water partition coefficient (Wildman–Crippen LogP) is -0.401. The second-order valence-electron chi connectivity index (χ2n) is 1.94. The Kier molecular flexibility index (Phi) is 3.32. The third-order valence-corrected chi connectivity index (χ3v) is 1.18. The van der Waals surface area contributed by atoms with E-state index in [4.69, 9.17) is 5.73 Å². The predicted molar refractivity (Wildman–Crippen MR) is 35.6 cm³/mol. The van der Waals surface area contributed by atoms with E-state index in [1.165, 1.54) is 0 Å². The monoisotopic (exact) mass is 165 g/mol. The summed E-state index contributed by atoms with van der Waals surface area (Å²) in [6.45, 7) is 0. The van der Waals surface area contributed by atoms with Crippen LogP contribution in [0.4, 0.5) is 0 Å². The van der Waals surface area contributed by atoms with Crippen LogP contribution in [0.2, 0.25) is 0 Å². The van der Waals surface area contributed by atoms with Gasteiger partial charge in [-0.05, 0) is 6.42 Å². The highest BCUT2D eigenvalue weighted by atomic mass is 35.5. The molecule has 1 unspecified atom stereocenters. The summed E-state index contributed by atoms with van der Waals surface area (Å²) in [6.07, 6.45) is 0.671. The number of hydrogen-bond donors (Lipinski definition) is 1. The zero-order valence-electron chi connectivity index (χ0n) is 5.20. The summed E-state index contributed by atoms with van der Waals surface area (Å²) in [6, 6.07) is -0.595. The molecule has 58 valence electrons. The van der Waals surface area contributed by atoms with E-state index in [1.54, 1.807) is 0 Å². The van der Waals surface area contributed by atoms with Gasteiger partial charge in [0.15, 0.2) is 0 Å². The lowest BCUT2D eigenvalue weighted by atomic mass is 10.1. The van der Waals surface area contributed by atoms with Crippen molar-refractivity contribution >= 4 is 24.3 Å². The molecule has 1 atom stereocenters. The third-order valence-electron chi connectivity index (χ3n) is 1.18. The molecule has 0 amide bonds. The van der Waals surface area contributed by atoms with E-state index in [0.717, 1.165) is 0 Å². The zero-order valence-corrected chi connectivity index (χ0v) is 6.02. The molecule has 1 rings (SSSR count). The molecule has 10 heavy (non-hydrogen) atoms. The Balaban J connectivity index is 0.000000810. The summed E-state index contributed by atoms with van der Waals surface area (Å²) in [5, 5.41) is 0. The van der Waals surface area contributed by atoms with Gasteiger partial charge in [0, 0.05) is 6.42 Å². The Morgan fingerprint density at radius 2 is 2.10 bits per heavy atom. The highest BCUT2D eigenvalue weighted by Crippen LogP contribution is 2.05. The SMILES string of the molecule is Cl.NC1CCC(=O)OC1=O. The van der Waals surface area contributed by atoms with Gasteiger partial charge >= 0.3 is 11.9 Å². The summed E-state index contributed by atoms with van der Waals surface area (Å²) in [7, 11) is 0. The minimum Gasteiger partial charge on any atom is -0.392 e. The molecule has 0 saturated carbocycles. The van der Waals surface area contributed by atoms with E-state index in [2.05, 4.69) is 4.74 Å². The molecule has 0 spiro atoms. The van der Waals surface area contributed by atoms with Crippen LogP contribution in [0, 0.1) is 0 Å². The van der Waals surface area contributed by atoms with Crippen LogP contribution < -0.4 is 5.73 Å². The lowest BCUT2D eigenvalue weighted by molar-refractivity contribution is -0.164. The molecule has 0 aliphatic carbocycles. The standard InChI is InChI=1S/C5H7NO3.ClH/c6-3-1-2-4(7)9-5(3)8;/h3H,1-2,6H2;1H. The number of hydrogen-bond acceptors (Lipinski definition) is 4. The molecule has 0 aromatic heterocycles. The lowest BCUT2D eigenvalue weighted by Gasteiger charge is -2.14. The number of carbonyl (C=O) groups is 2. The van der Waals surface area contributed by atoms with Crippen molar-refractivity contribution in [3.8, 4) is 0 Å². The second kappa shape index (κ2) is 3.53. The van der Waals surface area contributed by atoms with Gasteiger partial charge in [-0.3, -0.25) is 4.79 Å². The molecule has 0 aromatic carbocycles. The number of halogens is 1. The summed E-state index contributed by atoms with van der Waals surface area (Å²) < 4.78 is 4.20. The first-order valence-electron chi connectivity index (χ1n) is 2.70. The summed E-state index contributed by atoms with van der Waals surface area (Å²) in [4.78, 5) is 20.8. The van der Waals surface area contributed by atoms with E-state index in [0.29, 0.717) is 6.42 Å². The molecule has 0 bridgehead atoms. The first-order chi connectivity index (χ1) is 4.20. The number of esters is 2. The molecular formula is C5H8ClNO3. The number of carbonyl (C=O) groups excluding carboxylic acids is 2. The Hall–Kier alpha value is -0.610. The van der Waals surface area contributed by atoms with Crippen molar-refractivity contribution in [3.63, 3.8) is 0 Å². The van der Waals surface area contributed by atoms with Crippen molar-refractivity contribution in [1.82, 2.24) is 0 Å². The fourth-order valence-corrected chi connectivity index (χ4v) is 0.630. The van der Waals surface area contributed by atoms with E-state index in [9.17, 15) is 9.59 Å². The smallest absolute Gasteiger partial charge is 0.330 e. The average molecular weight is 166 g/mol. The lowest BCUT2D eigenvalue weighted by Crippen LogP contribution is -2.38. The first kappa shape index (κ1) is 9.39. The minimum absolute atomic E-state index is 0. The molecule has 4 nitrogen and oxygen atoms in total. The van der Waals surface area contributed by atoms with Crippen LogP contribution in [-0.2, 0) is 14.3 Å². The normalized spacial score (nSPS) is 25.1. The highest BCUT2D eigenvalue weighted by Gasteiger charge is 2.24. The average Bonchev–Trinajstić information content (AvgIpc) is 1.80. The molecule has 1 aliphatic heterocycles. The van der Waals surface area contributed by atoms with E-state index < -0.39 is 18.0 Å². The van der Waals surface area contributed by atoms with Crippen molar-refractivity contribution in [1.29, 1.82) is 0 Å². The van der Waals surface area contributed by atoms with Crippen LogP contribution in [0.5, 0.6) is 0 Å². The van der Waals surface area contributed by atoms with Gasteiger partial charge in [0.05, 0.1) is 0 Å². The zero-order chi connectivity index (χ0) is 6.85. The molecule has 0 aromatic rings. The van der Waals surface area contributed by atoms with E-state index in [1.807, 2.05) is 0 Å². The molecule has 5 heteroatoms. The van der Waals surface area contributed by atoms with Gasteiger partial charge in [-0.25, -0.2) is 4.79 Å². The number of cyclic esters (lactones) is 2. The number of ether oxygens (including phenoxy) is 1.